The first-order chi connectivity index (χ1) is 9.26. The highest BCUT2D eigenvalue weighted by Crippen LogP contribution is 2.44. The van der Waals surface area contributed by atoms with E-state index in [9.17, 15) is 9.59 Å². The highest BCUT2D eigenvalue weighted by Gasteiger charge is 2.42. The van der Waals surface area contributed by atoms with E-state index in [-0.39, 0.29) is 24.2 Å². The van der Waals surface area contributed by atoms with Gasteiger partial charge in [-0.2, -0.15) is 0 Å². The Morgan fingerprint density at radius 2 is 1.85 bits per heavy atom. The number of hydrogen-bond donors (Lipinski definition) is 0. The van der Waals surface area contributed by atoms with E-state index < -0.39 is 3.12 Å². The normalized spacial score (nSPS) is 19.8. The van der Waals surface area contributed by atoms with Crippen LogP contribution in [0.2, 0.25) is 0 Å². The predicted octanol–water partition coefficient (Wildman–Crippen LogP) is 3.89. The van der Waals surface area contributed by atoms with Crippen LogP contribution in [0.5, 0.6) is 0 Å². The van der Waals surface area contributed by atoms with Gasteiger partial charge >= 0.3 is 0 Å². The lowest BCUT2D eigenvalue weighted by molar-refractivity contribution is -0.132. The van der Waals surface area contributed by atoms with Crippen molar-refractivity contribution in [1.82, 2.24) is 4.31 Å². The quantitative estimate of drug-likeness (QED) is 0.470. The predicted molar refractivity (Wildman–Crippen MR) is 82.7 cm³/mol. The highest BCUT2D eigenvalue weighted by molar-refractivity contribution is 8.03. The van der Waals surface area contributed by atoms with Gasteiger partial charge in [0.2, 0.25) is 11.8 Å². The summed E-state index contributed by atoms with van der Waals surface area (Å²) in [5.74, 6) is -1.000. The Morgan fingerprint density at radius 1 is 1.25 bits per heavy atom. The van der Waals surface area contributed by atoms with Gasteiger partial charge in [0.05, 0.1) is 5.92 Å². The van der Waals surface area contributed by atoms with Crippen LogP contribution >= 0.6 is 46.8 Å². The van der Waals surface area contributed by atoms with E-state index in [0.717, 1.165) is 15.4 Å². The number of nitrogens with zero attached hydrogens (tertiary/aromatic N) is 1. The van der Waals surface area contributed by atoms with Crippen LogP contribution in [0, 0.1) is 12.8 Å². The first-order valence-electron chi connectivity index (χ1n) is 5.94. The Morgan fingerprint density at radius 3 is 2.40 bits per heavy atom. The second-order valence-corrected chi connectivity index (χ2v) is 8.77. The topological polar surface area (TPSA) is 37.4 Å². The molecule has 20 heavy (non-hydrogen) atoms. The average molecular weight is 353 g/mol. The van der Waals surface area contributed by atoms with Crippen LogP contribution in [0.25, 0.3) is 0 Å². The lowest BCUT2D eigenvalue weighted by atomic mass is 9.97. The van der Waals surface area contributed by atoms with Crippen molar-refractivity contribution in [1.29, 1.82) is 0 Å². The van der Waals surface area contributed by atoms with Crippen LogP contribution < -0.4 is 0 Å². The molecule has 1 heterocycles. The van der Waals surface area contributed by atoms with E-state index in [2.05, 4.69) is 0 Å². The summed E-state index contributed by atoms with van der Waals surface area (Å²) in [5.41, 5.74) is 2.17. The number of hydrogen-bond acceptors (Lipinski definition) is 3. The summed E-state index contributed by atoms with van der Waals surface area (Å²) in [7, 11) is 0. The molecule has 1 fully saturated rings. The molecule has 0 bridgehead atoms. The van der Waals surface area contributed by atoms with E-state index in [0.29, 0.717) is 18.4 Å². The second-order valence-electron chi connectivity index (χ2n) is 4.65. The van der Waals surface area contributed by atoms with Crippen molar-refractivity contribution < 1.29 is 9.59 Å². The number of imide groups is 1. The van der Waals surface area contributed by atoms with Crippen molar-refractivity contribution in [2.24, 2.45) is 5.92 Å². The first-order valence-corrected chi connectivity index (χ1v) is 7.85. The van der Waals surface area contributed by atoms with E-state index in [1.807, 2.05) is 31.2 Å². The Labute approximate surface area is 136 Å². The molecule has 1 aromatic rings. The summed E-state index contributed by atoms with van der Waals surface area (Å²) in [4.78, 5) is 24.0. The second kappa shape index (κ2) is 6.14. The molecule has 0 spiro atoms. The smallest absolute Gasteiger partial charge is 0.256 e. The number of amides is 2. The third kappa shape index (κ3) is 4.04. The maximum absolute atomic E-state index is 12.2. The number of rotatable bonds is 3. The molecule has 0 aromatic heterocycles. The summed E-state index contributed by atoms with van der Waals surface area (Å²) in [5, 5.41) is 0. The summed E-state index contributed by atoms with van der Waals surface area (Å²) in [6, 6.07) is 7.87. The van der Waals surface area contributed by atoms with Gasteiger partial charge in [-0.3, -0.25) is 9.59 Å². The zero-order valence-electron chi connectivity index (χ0n) is 10.6. The molecule has 2 amide bonds. The lowest BCUT2D eigenvalue weighted by Gasteiger charge is -2.18. The van der Waals surface area contributed by atoms with Gasteiger partial charge in [0.15, 0.2) is 0 Å². The fourth-order valence-electron chi connectivity index (χ4n) is 2.04. The van der Waals surface area contributed by atoms with Crippen molar-refractivity contribution in [2.75, 3.05) is 0 Å². The molecule has 0 aliphatic carbocycles. The van der Waals surface area contributed by atoms with Gasteiger partial charge in [0.1, 0.15) is 0 Å². The third-order valence-corrected chi connectivity index (χ3v) is 4.39. The number of carbonyl (C=O) groups excluding carboxylic acids is 2. The molecule has 3 nitrogen and oxygen atoms in total. The molecule has 1 aliphatic rings. The molecule has 0 N–H and O–H groups in total. The van der Waals surface area contributed by atoms with E-state index in [4.69, 9.17) is 34.8 Å². The minimum Gasteiger partial charge on any atom is -0.273 e. The molecule has 108 valence electrons. The largest absolute Gasteiger partial charge is 0.273 e. The summed E-state index contributed by atoms with van der Waals surface area (Å²) >= 11 is 17.5. The molecule has 1 saturated heterocycles. The average Bonchev–Trinajstić information content (AvgIpc) is 2.58. The lowest BCUT2D eigenvalue weighted by Crippen LogP contribution is -2.27. The zero-order valence-corrected chi connectivity index (χ0v) is 13.7. The maximum atomic E-state index is 12.2. The Balaban J connectivity index is 2.06. The van der Waals surface area contributed by atoms with Crippen LogP contribution in [0.1, 0.15) is 17.5 Å². The van der Waals surface area contributed by atoms with Crippen molar-refractivity contribution in [3.63, 3.8) is 0 Å². The molecule has 2 rings (SSSR count). The molecule has 0 saturated carbocycles. The number of benzene rings is 1. The molecule has 1 aromatic carbocycles. The van der Waals surface area contributed by atoms with Gasteiger partial charge in [-0.15, -0.1) is 0 Å². The fraction of sp³-hybridized carbons (Fsp3) is 0.385. The summed E-state index contributed by atoms with van der Waals surface area (Å²) in [6.45, 7) is 1.99. The molecule has 7 heteroatoms. The minimum absolute atomic E-state index is 0.153. The van der Waals surface area contributed by atoms with Crippen molar-refractivity contribution in [3.8, 4) is 0 Å². The van der Waals surface area contributed by atoms with Crippen LogP contribution in [0.15, 0.2) is 24.3 Å². The SMILES string of the molecule is Cc1ccc(CC2CC(=O)N(SC(Cl)(Cl)Cl)C2=O)cc1. The molecule has 1 atom stereocenters. The summed E-state index contributed by atoms with van der Waals surface area (Å²) < 4.78 is -0.754. The number of halogens is 3. The minimum atomic E-state index is -1.72. The molecule has 1 unspecified atom stereocenters. The van der Waals surface area contributed by atoms with Crippen molar-refractivity contribution in [2.45, 2.75) is 22.9 Å². The fourth-order valence-corrected chi connectivity index (χ4v) is 3.28. The standard InChI is InChI=1S/C13H12Cl3NO2S/c1-8-2-4-9(5-3-8)6-10-7-11(18)17(12(10)19)20-13(14,15)16/h2-5,10H,6-7H2,1H3. The molecular formula is C13H12Cl3NO2S. The number of carbonyl (C=O) groups is 2. The van der Waals surface area contributed by atoms with Gasteiger partial charge in [0.25, 0.3) is 3.12 Å². The van der Waals surface area contributed by atoms with Crippen molar-refractivity contribution in [3.05, 3.63) is 35.4 Å². The van der Waals surface area contributed by atoms with Gasteiger partial charge in [0, 0.05) is 18.4 Å². The van der Waals surface area contributed by atoms with E-state index in [1.54, 1.807) is 0 Å². The first kappa shape index (κ1) is 16.0. The van der Waals surface area contributed by atoms with Crippen LogP contribution in [-0.2, 0) is 16.0 Å². The van der Waals surface area contributed by atoms with Gasteiger partial charge in [-0.05, 0) is 18.9 Å². The van der Waals surface area contributed by atoms with Crippen LogP contribution in [0.4, 0.5) is 0 Å². The Hall–Kier alpha value is -0.420. The number of aryl methyl sites for hydroxylation is 1. The van der Waals surface area contributed by atoms with E-state index >= 15 is 0 Å². The van der Waals surface area contributed by atoms with Crippen molar-refractivity contribution >= 4 is 58.6 Å². The van der Waals surface area contributed by atoms with Crippen LogP contribution in [-0.4, -0.2) is 19.2 Å². The highest BCUT2D eigenvalue weighted by atomic mass is 35.6. The molecule has 0 radical (unpaired) electrons. The Kier molecular flexibility index (Phi) is 4.90. The van der Waals surface area contributed by atoms with Gasteiger partial charge < -0.3 is 0 Å². The van der Waals surface area contributed by atoms with E-state index in [1.165, 1.54) is 0 Å². The molecular weight excluding hydrogens is 341 g/mol. The van der Waals surface area contributed by atoms with Gasteiger partial charge in [-0.1, -0.05) is 64.6 Å². The maximum Gasteiger partial charge on any atom is 0.256 e. The third-order valence-electron chi connectivity index (χ3n) is 2.99. The van der Waals surface area contributed by atoms with Gasteiger partial charge in [-0.25, -0.2) is 4.31 Å². The molecule has 1 aliphatic heterocycles. The van der Waals surface area contributed by atoms with Crippen LogP contribution in [0.3, 0.4) is 0 Å². The zero-order chi connectivity index (χ0) is 14.9. The Bertz CT molecular complexity index is 527. The monoisotopic (exact) mass is 351 g/mol. The summed E-state index contributed by atoms with van der Waals surface area (Å²) in [6.07, 6.45) is 0.669. The number of alkyl halides is 3.